The van der Waals surface area contributed by atoms with Gasteiger partial charge in [0, 0.05) is 49.1 Å². The highest BCUT2D eigenvalue weighted by Crippen LogP contribution is 2.46. The van der Waals surface area contributed by atoms with E-state index in [-0.39, 0.29) is 0 Å². The molecule has 0 aromatic carbocycles. The molecular formula is C14H20N2OS. The molecule has 4 heteroatoms. The third kappa shape index (κ3) is 2.56. The van der Waals surface area contributed by atoms with E-state index in [4.69, 9.17) is 4.74 Å². The van der Waals surface area contributed by atoms with Crippen molar-refractivity contribution in [2.75, 3.05) is 25.4 Å². The van der Waals surface area contributed by atoms with E-state index in [0.29, 0.717) is 10.9 Å². The molecule has 2 saturated heterocycles. The summed E-state index contributed by atoms with van der Waals surface area (Å²) in [4.78, 5) is 6.68. The van der Waals surface area contributed by atoms with Gasteiger partial charge in [-0.25, -0.2) is 0 Å². The van der Waals surface area contributed by atoms with Crippen LogP contribution < -0.4 is 0 Å². The van der Waals surface area contributed by atoms with Gasteiger partial charge in [0.05, 0.1) is 6.10 Å². The summed E-state index contributed by atoms with van der Waals surface area (Å²) >= 11 is 2.11. The van der Waals surface area contributed by atoms with Crippen LogP contribution in [0, 0.1) is 0 Å². The first-order valence-corrected chi connectivity index (χ1v) is 7.65. The smallest absolute Gasteiger partial charge is 0.0679 e. The Labute approximate surface area is 113 Å². The van der Waals surface area contributed by atoms with Crippen LogP contribution in [0.15, 0.2) is 24.5 Å². The fraction of sp³-hybridized carbons (Fsp3) is 0.643. The van der Waals surface area contributed by atoms with Crippen LogP contribution in [0.4, 0.5) is 0 Å². The van der Waals surface area contributed by atoms with Crippen molar-refractivity contribution in [2.24, 2.45) is 0 Å². The summed E-state index contributed by atoms with van der Waals surface area (Å²) in [5.41, 5.74) is 1.32. The Balaban J connectivity index is 1.49. The molecule has 18 heavy (non-hydrogen) atoms. The Hall–Kier alpha value is -0.580. The standard InChI is InChI=1S/C14H20N2OS/c1-2-17-13-6-14(18-9-13)10-16(11-14)8-12-4-3-5-15-7-12/h3-5,7,13H,2,6,8-11H2,1H3/t13-/m1/s1. The van der Waals surface area contributed by atoms with Crippen molar-refractivity contribution in [3.63, 3.8) is 0 Å². The lowest BCUT2D eigenvalue weighted by Gasteiger charge is -2.47. The van der Waals surface area contributed by atoms with Gasteiger partial charge in [0.25, 0.3) is 0 Å². The Morgan fingerprint density at radius 3 is 3.17 bits per heavy atom. The summed E-state index contributed by atoms with van der Waals surface area (Å²) in [6, 6.07) is 4.17. The largest absolute Gasteiger partial charge is 0.378 e. The summed E-state index contributed by atoms with van der Waals surface area (Å²) in [5.74, 6) is 1.18. The predicted molar refractivity (Wildman–Crippen MR) is 74.7 cm³/mol. The number of ether oxygens (including phenoxy) is 1. The summed E-state index contributed by atoms with van der Waals surface area (Å²) in [6.45, 7) is 6.38. The van der Waals surface area contributed by atoms with Crippen LogP contribution in [-0.4, -0.2) is 46.2 Å². The van der Waals surface area contributed by atoms with Crippen molar-refractivity contribution < 1.29 is 4.74 Å². The van der Waals surface area contributed by atoms with Crippen LogP contribution in [0.3, 0.4) is 0 Å². The van der Waals surface area contributed by atoms with Gasteiger partial charge in [0.2, 0.25) is 0 Å². The monoisotopic (exact) mass is 264 g/mol. The van der Waals surface area contributed by atoms with Crippen LogP contribution in [0.25, 0.3) is 0 Å². The molecule has 0 bridgehead atoms. The molecule has 0 amide bonds. The van der Waals surface area contributed by atoms with Crippen molar-refractivity contribution in [3.8, 4) is 0 Å². The van der Waals surface area contributed by atoms with Crippen LogP contribution in [0.5, 0.6) is 0 Å². The van der Waals surface area contributed by atoms with Gasteiger partial charge in [0.1, 0.15) is 0 Å². The van der Waals surface area contributed by atoms with E-state index < -0.39 is 0 Å². The molecule has 1 aromatic heterocycles. The summed E-state index contributed by atoms with van der Waals surface area (Å²) in [6.07, 6.45) is 5.52. The highest BCUT2D eigenvalue weighted by atomic mass is 32.2. The lowest BCUT2D eigenvalue weighted by Crippen LogP contribution is -2.58. The number of hydrogen-bond acceptors (Lipinski definition) is 4. The molecule has 2 aliphatic rings. The lowest BCUT2D eigenvalue weighted by atomic mass is 9.92. The zero-order valence-electron chi connectivity index (χ0n) is 10.8. The molecule has 1 atom stereocenters. The molecule has 98 valence electrons. The first-order chi connectivity index (χ1) is 8.80. The SMILES string of the molecule is CCO[C@H]1CSC2(C1)CN(Cc1cccnc1)C2. The first kappa shape index (κ1) is 12.5. The second kappa shape index (κ2) is 5.19. The third-order valence-electron chi connectivity index (χ3n) is 3.73. The van der Waals surface area contributed by atoms with Gasteiger partial charge in [-0.3, -0.25) is 9.88 Å². The van der Waals surface area contributed by atoms with Crippen molar-refractivity contribution in [1.29, 1.82) is 0 Å². The van der Waals surface area contributed by atoms with Crippen molar-refractivity contribution in [3.05, 3.63) is 30.1 Å². The minimum absolute atomic E-state index is 0.487. The highest BCUT2D eigenvalue weighted by Gasteiger charge is 2.48. The maximum absolute atomic E-state index is 5.74. The van der Waals surface area contributed by atoms with Gasteiger partial charge in [-0.05, 0) is 25.0 Å². The van der Waals surface area contributed by atoms with Crippen molar-refractivity contribution in [1.82, 2.24) is 9.88 Å². The third-order valence-corrected chi connectivity index (χ3v) is 5.31. The fourth-order valence-electron chi connectivity index (χ4n) is 3.00. The molecule has 3 nitrogen and oxygen atoms in total. The molecule has 0 radical (unpaired) electrons. The summed E-state index contributed by atoms with van der Waals surface area (Å²) in [7, 11) is 0. The van der Waals surface area contributed by atoms with Gasteiger partial charge in [-0.2, -0.15) is 0 Å². The molecule has 1 aromatic rings. The van der Waals surface area contributed by atoms with E-state index in [2.05, 4.69) is 34.6 Å². The second-order valence-electron chi connectivity index (χ2n) is 5.28. The Morgan fingerprint density at radius 1 is 1.56 bits per heavy atom. The topological polar surface area (TPSA) is 25.4 Å². The number of pyridine rings is 1. The molecule has 0 saturated carbocycles. The first-order valence-electron chi connectivity index (χ1n) is 6.66. The molecule has 3 heterocycles. The molecule has 3 rings (SSSR count). The Bertz CT molecular complexity index is 392. The number of rotatable bonds is 4. The summed E-state index contributed by atoms with van der Waals surface area (Å²) < 4.78 is 6.23. The van der Waals surface area contributed by atoms with Crippen LogP contribution in [0.1, 0.15) is 18.9 Å². The molecule has 0 N–H and O–H groups in total. The Morgan fingerprint density at radius 2 is 2.44 bits per heavy atom. The lowest BCUT2D eigenvalue weighted by molar-refractivity contribution is 0.0417. The minimum atomic E-state index is 0.487. The fourth-order valence-corrected chi connectivity index (χ4v) is 4.60. The minimum Gasteiger partial charge on any atom is -0.378 e. The Kier molecular flexibility index (Phi) is 3.59. The number of hydrogen-bond donors (Lipinski definition) is 0. The van der Waals surface area contributed by atoms with Gasteiger partial charge in [-0.1, -0.05) is 6.07 Å². The number of thioether (sulfide) groups is 1. The average Bonchev–Trinajstić information content (AvgIpc) is 2.75. The summed E-state index contributed by atoms with van der Waals surface area (Å²) in [5, 5.41) is 0. The normalized spacial score (nSPS) is 26.4. The predicted octanol–water partition coefficient (Wildman–Crippen LogP) is 2.18. The van der Waals surface area contributed by atoms with Gasteiger partial charge in [-0.15, -0.1) is 11.8 Å². The molecule has 2 fully saturated rings. The maximum atomic E-state index is 5.74. The molecule has 0 unspecified atom stereocenters. The molecule has 2 aliphatic heterocycles. The van der Waals surface area contributed by atoms with Gasteiger partial charge >= 0.3 is 0 Å². The molecular weight excluding hydrogens is 244 g/mol. The van der Waals surface area contributed by atoms with E-state index in [1.165, 1.54) is 30.8 Å². The van der Waals surface area contributed by atoms with Gasteiger partial charge < -0.3 is 4.74 Å². The van der Waals surface area contributed by atoms with Crippen molar-refractivity contribution in [2.45, 2.75) is 30.7 Å². The van der Waals surface area contributed by atoms with E-state index in [0.717, 1.165) is 13.2 Å². The second-order valence-corrected chi connectivity index (χ2v) is 6.77. The van der Waals surface area contributed by atoms with E-state index in [1.807, 2.05) is 18.5 Å². The van der Waals surface area contributed by atoms with E-state index >= 15 is 0 Å². The van der Waals surface area contributed by atoms with Crippen LogP contribution in [-0.2, 0) is 11.3 Å². The average molecular weight is 264 g/mol. The molecule has 0 aliphatic carbocycles. The van der Waals surface area contributed by atoms with Crippen LogP contribution >= 0.6 is 11.8 Å². The number of aromatic nitrogens is 1. The quantitative estimate of drug-likeness (QED) is 0.832. The number of likely N-dealkylation sites (tertiary alicyclic amines) is 1. The van der Waals surface area contributed by atoms with Gasteiger partial charge in [0.15, 0.2) is 0 Å². The van der Waals surface area contributed by atoms with E-state index in [9.17, 15) is 0 Å². The highest BCUT2D eigenvalue weighted by molar-refractivity contribution is 8.01. The van der Waals surface area contributed by atoms with Crippen LogP contribution in [0.2, 0.25) is 0 Å². The molecule has 1 spiro atoms. The van der Waals surface area contributed by atoms with Crippen molar-refractivity contribution >= 4 is 11.8 Å². The maximum Gasteiger partial charge on any atom is 0.0679 e. The number of nitrogens with zero attached hydrogens (tertiary/aromatic N) is 2. The zero-order valence-corrected chi connectivity index (χ0v) is 11.7. The zero-order chi connectivity index (χ0) is 12.4. The van der Waals surface area contributed by atoms with E-state index in [1.54, 1.807) is 0 Å².